The Morgan fingerprint density at radius 2 is 2.00 bits per heavy atom. The summed E-state index contributed by atoms with van der Waals surface area (Å²) in [6, 6.07) is 11.2. The second kappa shape index (κ2) is 7.23. The van der Waals surface area contributed by atoms with Gasteiger partial charge in [0.2, 0.25) is 5.91 Å². The zero-order valence-corrected chi connectivity index (χ0v) is 12.0. The average molecular weight is 285 g/mol. The molecule has 6 heteroatoms. The summed E-state index contributed by atoms with van der Waals surface area (Å²) in [6.07, 6.45) is 0.907. The molecule has 0 saturated heterocycles. The highest BCUT2D eigenvalue weighted by molar-refractivity contribution is 5.80. The lowest BCUT2D eigenvalue weighted by atomic mass is 10.2. The highest BCUT2D eigenvalue weighted by Gasteiger charge is 2.06. The van der Waals surface area contributed by atoms with Crippen molar-refractivity contribution < 1.29 is 4.79 Å². The summed E-state index contributed by atoms with van der Waals surface area (Å²) in [5.74, 6) is 1.36. The van der Waals surface area contributed by atoms with Crippen LogP contribution in [0.25, 0.3) is 11.4 Å². The van der Waals surface area contributed by atoms with Crippen molar-refractivity contribution in [3.63, 3.8) is 0 Å². The van der Waals surface area contributed by atoms with Crippen molar-refractivity contribution in [2.24, 2.45) is 0 Å². The van der Waals surface area contributed by atoms with Crippen LogP contribution in [0.4, 0.5) is 11.6 Å². The lowest BCUT2D eigenvalue weighted by molar-refractivity contribution is -0.119. The van der Waals surface area contributed by atoms with Gasteiger partial charge >= 0.3 is 0 Å². The Labute approximate surface area is 123 Å². The summed E-state index contributed by atoms with van der Waals surface area (Å²) in [6.45, 7) is 2.83. The predicted molar refractivity (Wildman–Crippen MR) is 83.7 cm³/mol. The highest BCUT2D eigenvalue weighted by atomic mass is 16.1. The van der Waals surface area contributed by atoms with Crippen LogP contribution in [0.3, 0.4) is 0 Å². The van der Waals surface area contributed by atoms with Gasteiger partial charge in [-0.3, -0.25) is 4.79 Å². The molecular formula is C15H19N5O. The molecule has 0 spiro atoms. The fraction of sp³-hybridized carbons (Fsp3) is 0.267. The number of nitrogens with two attached hydrogens (primary N) is 1. The molecule has 0 atom stereocenters. The number of benzene rings is 1. The summed E-state index contributed by atoms with van der Waals surface area (Å²) in [5.41, 5.74) is 6.67. The van der Waals surface area contributed by atoms with Gasteiger partial charge in [0.15, 0.2) is 5.82 Å². The molecule has 0 radical (unpaired) electrons. The molecule has 0 bridgehead atoms. The number of nitrogen functional groups attached to an aromatic ring is 1. The maximum atomic E-state index is 11.6. The van der Waals surface area contributed by atoms with Gasteiger partial charge in [-0.1, -0.05) is 37.3 Å². The topological polar surface area (TPSA) is 92.9 Å². The van der Waals surface area contributed by atoms with Crippen molar-refractivity contribution >= 4 is 17.5 Å². The van der Waals surface area contributed by atoms with Gasteiger partial charge in [0.1, 0.15) is 11.6 Å². The molecule has 1 amide bonds. The third kappa shape index (κ3) is 4.45. The number of hydrogen-bond donors (Lipinski definition) is 3. The summed E-state index contributed by atoms with van der Waals surface area (Å²) in [7, 11) is 0. The number of carbonyl (C=O) groups excluding carboxylic acids is 1. The average Bonchev–Trinajstić information content (AvgIpc) is 2.51. The number of rotatable bonds is 6. The van der Waals surface area contributed by atoms with Crippen LogP contribution in [-0.4, -0.2) is 29.0 Å². The fourth-order valence-electron chi connectivity index (χ4n) is 1.77. The minimum absolute atomic E-state index is 0.0738. The first-order valence-electron chi connectivity index (χ1n) is 6.89. The number of hydrogen-bond acceptors (Lipinski definition) is 5. The zero-order valence-electron chi connectivity index (χ0n) is 12.0. The molecule has 0 aliphatic carbocycles. The molecule has 2 aromatic rings. The molecule has 2 rings (SSSR count). The molecule has 21 heavy (non-hydrogen) atoms. The first-order chi connectivity index (χ1) is 10.2. The van der Waals surface area contributed by atoms with Gasteiger partial charge in [0, 0.05) is 18.2 Å². The van der Waals surface area contributed by atoms with E-state index in [0.717, 1.165) is 12.0 Å². The number of aromatic nitrogens is 2. The van der Waals surface area contributed by atoms with E-state index in [1.165, 1.54) is 0 Å². The lowest BCUT2D eigenvalue weighted by Crippen LogP contribution is -2.30. The first kappa shape index (κ1) is 14.8. The number of amides is 1. The molecule has 4 N–H and O–H groups in total. The van der Waals surface area contributed by atoms with Gasteiger partial charge in [-0.2, -0.15) is 0 Å². The molecule has 0 aliphatic heterocycles. The van der Waals surface area contributed by atoms with Crippen LogP contribution in [-0.2, 0) is 4.79 Å². The molecule has 1 aromatic carbocycles. The van der Waals surface area contributed by atoms with Crippen molar-refractivity contribution in [2.75, 3.05) is 24.1 Å². The Balaban J connectivity index is 2.07. The quantitative estimate of drug-likeness (QED) is 0.750. The minimum Gasteiger partial charge on any atom is -0.384 e. The zero-order chi connectivity index (χ0) is 15.1. The second-order valence-electron chi connectivity index (χ2n) is 4.57. The summed E-state index contributed by atoms with van der Waals surface area (Å²) >= 11 is 0. The van der Waals surface area contributed by atoms with Gasteiger partial charge in [-0.15, -0.1) is 0 Å². The Morgan fingerprint density at radius 3 is 2.71 bits per heavy atom. The van der Waals surface area contributed by atoms with E-state index < -0.39 is 0 Å². The van der Waals surface area contributed by atoms with Crippen molar-refractivity contribution in [1.82, 2.24) is 15.3 Å². The van der Waals surface area contributed by atoms with Crippen molar-refractivity contribution in [1.29, 1.82) is 0 Å². The van der Waals surface area contributed by atoms with Crippen molar-refractivity contribution in [3.05, 3.63) is 36.4 Å². The largest absolute Gasteiger partial charge is 0.384 e. The van der Waals surface area contributed by atoms with Gasteiger partial charge < -0.3 is 16.4 Å². The Hall–Kier alpha value is -2.63. The molecule has 110 valence electrons. The Morgan fingerprint density at radius 1 is 1.24 bits per heavy atom. The van der Waals surface area contributed by atoms with Crippen molar-refractivity contribution in [2.45, 2.75) is 13.3 Å². The van der Waals surface area contributed by atoms with E-state index in [2.05, 4.69) is 20.6 Å². The van der Waals surface area contributed by atoms with E-state index in [0.29, 0.717) is 24.0 Å². The summed E-state index contributed by atoms with van der Waals surface area (Å²) < 4.78 is 0. The lowest BCUT2D eigenvalue weighted by Gasteiger charge is -2.08. The van der Waals surface area contributed by atoms with E-state index >= 15 is 0 Å². The SMILES string of the molecule is CCCNC(=O)CNc1cc(N)nc(-c2ccccc2)n1. The maximum absolute atomic E-state index is 11.6. The Bertz CT molecular complexity index is 600. The normalized spacial score (nSPS) is 10.1. The predicted octanol–water partition coefficient (Wildman–Crippen LogP) is 1.66. The van der Waals surface area contributed by atoms with Crippen LogP contribution in [0.1, 0.15) is 13.3 Å². The summed E-state index contributed by atoms with van der Waals surface area (Å²) in [5, 5.41) is 5.75. The second-order valence-corrected chi connectivity index (χ2v) is 4.57. The van der Waals surface area contributed by atoms with Crippen molar-refractivity contribution in [3.8, 4) is 11.4 Å². The molecule has 0 saturated carbocycles. The molecule has 6 nitrogen and oxygen atoms in total. The first-order valence-corrected chi connectivity index (χ1v) is 6.89. The third-order valence-corrected chi connectivity index (χ3v) is 2.78. The molecule has 0 unspecified atom stereocenters. The smallest absolute Gasteiger partial charge is 0.239 e. The third-order valence-electron chi connectivity index (χ3n) is 2.78. The fourth-order valence-corrected chi connectivity index (χ4v) is 1.77. The van der Waals surface area contributed by atoms with E-state index in [1.54, 1.807) is 6.07 Å². The van der Waals surface area contributed by atoms with Crippen LogP contribution in [0, 0.1) is 0 Å². The van der Waals surface area contributed by atoms with Gasteiger partial charge in [0.25, 0.3) is 0 Å². The molecule has 0 fully saturated rings. The minimum atomic E-state index is -0.0738. The van der Waals surface area contributed by atoms with Gasteiger partial charge in [-0.05, 0) is 6.42 Å². The van der Waals surface area contributed by atoms with Crippen LogP contribution in [0.15, 0.2) is 36.4 Å². The number of anilines is 2. The van der Waals surface area contributed by atoms with Gasteiger partial charge in [0.05, 0.1) is 6.54 Å². The van der Waals surface area contributed by atoms with E-state index in [1.807, 2.05) is 37.3 Å². The monoisotopic (exact) mass is 285 g/mol. The standard InChI is InChI=1S/C15H19N5O/c1-2-8-17-14(21)10-18-13-9-12(16)19-15(20-13)11-6-4-3-5-7-11/h3-7,9H,2,8,10H2,1H3,(H,17,21)(H3,16,18,19,20). The number of nitrogens with zero attached hydrogens (tertiary/aromatic N) is 2. The van der Waals surface area contributed by atoms with Crippen LogP contribution in [0.5, 0.6) is 0 Å². The number of carbonyl (C=O) groups is 1. The van der Waals surface area contributed by atoms with Crippen LogP contribution < -0.4 is 16.4 Å². The highest BCUT2D eigenvalue weighted by Crippen LogP contribution is 2.18. The maximum Gasteiger partial charge on any atom is 0.239 e. The molecule has 1 heterocycles. The molecule has 1 aromatic heterocycles. The molecular weight excluding hydrogens is 266 g/mol. The van der Waals surface area contributed by atoms with Crippen LogP contribution in [0.2, 0.25) is 0 Å². The molecule has 0 aliphatic rings. The van der Waals surface area contributed by atoms with Crippen LogP contribution >= 0.6 is 0 Å². The van der Waals surface area contributed by atoms with E-state index in [9.17, 15) is 4.79 Å². The Kier molecular flexibility index (Phi) is 5.09. The van der Waals surface area contributed by atoms with E-state index in [-0.39, 0.29) is 12.5 Å². The van der Waals surface area contributed by atoms with E-state index in [4.69, 9.17) is 5.73 Å². The van der Waals surface area contributed by atoms with Gasteiger partial charge in [-0.25, -0.2) is 9.97 Å². The summed E-state index contributed by atoms with van der Waals surface area (Å²) in [4.78, 5) is 20.1. The number of nitrogens with one attached hydrogen (secondary N) is 2.